The van der Waals surface area contributed by atoms with Crippen LogP contribution < -0.4 is 10.2 Å². The number of anilines is 1. The van der Waals surface area contributed by atoms with E-state index in [1.54, 1.807) is 4.90 Å². The topological polar surface area (TPSA) is 73.0 Å². The molecular weight excluding hydrogens is 387 g/mol. The smallest absolute Gasteiger partial charge is 0.256 e. The largest absolute Gasteiger partial charge is 0.355 e. The van der Waals surface area contributed by atoms with Gasteiger partial charge in [-0.2, -0.15) is 0 Å². The van der Waals surface area contributed by atoms with Gasteiger partial charge >= 0.3 is 0 Å². The molecule has 2 saturated heterocycles. The van der Waals surface area contributed by atoms with Crippen molar-refractivity contribution in [3.63, 3.8) is 0 Å². The Bertz CT molecular complexity index is 825. The first-order chi connectivity index (χ1) is 14.5. The number of rotatable bonds is 6. The molecule has 0 saturated carbocycles. The molecule has 3 aliphatic heterocycles. The summed E-state index contributed by atoms with van der Waals surface area (Å²) in [6.07, 6.45) is 5.91. The second-order valence-corrected chi connectivity index (χ2v) is 8.35. The number of piperidine rings is 1. The van der Waals surface area contributed by atoms with Crippen LogP contribution in [0.15, 0.2) is 18.2 Å². The number of carbonyl (C=O) groups is 3. The number of benzene rings is 1. The van der Waals surface area contributed by atoms with Crippen LogP contribution in [-0.4, -0.2) is 72.8 Å². The van der Waals surface area contributed by atoms with E-state index in [4.69, 9.17) is 0 Å². The normalized spacial score (nSPS) is 22.0. The van der Waals surface area contributed by atoms with Crippen molar-refractivity contribution in [2.24, 2.45) is 0 Å². The summed E-state index contributed by atoms with van der Waals surface area (Å²) < 4.78 is 13.9. The first-order valence-corrected chi connectivity index (χ1v) is 11.0. The average molecular weight is 416 g/mol. The first kappa shape index (κ1) is 20.8. The number of carbonyl (C=O) groups excluding carboxylic acids is 3. The Hall–Kier alpha value is -2.48. The molecule has 0 aromatic heterocycles. The molecule has 1 aromatic rings. The lowest BCUT2D eigenvalue weighted by Crippen LogP contribution is -2.48. The summed E-state index contributed by atoms with van der Waals surface area (Å²) in [6, 6.07) is 3.22. The highest BCUT2D eigenvalue weighted by atomic mass is 19.1. The summed E-state index contributed by atoms with van der Waals surface area (Å²) in [7, 11) is 0. The molecule has 1 atom stereocenters. The Morgan fingerprint density at radius 1 is 1.10 bits per heavy atom. The van der Waals surface area contributed by atoms with Crippen molar-refractivity contribution in [2.75, 3.05) is 44.2 Å². The fourth-order valence-electron chi connectivity index (χ4n) is 4.70. The van der Waals surface area contributed by atoms with Crippen LogP contribution in [0.1, 0.15) is 48.9 Å². The van der Waals surface area contributed by atoms with Crippen molar-refractivity contribution in [1.29, 1.82) is 0 Å². The van der Waals surface area contributed by atoms with Gasteiger partial charge in [0.1, 0.15) is 18.4 Å². The highest BCUT2D eigenvalue weighted by Gasteiger charge is 2.42. The van der Waals surface area contributed by atoms with Crippen molar-refractivity contribution < 1.29 is 18.8 Å². The minimum atomic E-state index is -0.583. The van der Waals surface area contributed by atoms with Crippen molar-refractivity contribution in [3.8, 4) is 0 Å². The van der Waals surface area contributed by atoms with Crippen molar-refractivity contribution >= 4 is 23.4 Å². The SMILES string of the molecule is O=C(CN1C(=O)[C@H]2CCCN2C(=O)c2ccc(F)cc21)NCCCN1CCCCC1. The quantitative estimate of drug-likeness (QED) is 0.718. The lowest BCUT2D eigenvalue weighted by molar-refractivity contribution is -0.125. The molecule has 0 radical (unpaired) electrons. The molecule has 3 heterocycles. The summed E-state index contributed by atoms with van der Waals surface area (Å²) in [5.41, 5.74) is 0.454. The molecule has 30 heavy (non-hydrogen) atoms. The van der Waals surface area contributed by atoms with Gasteiger partial charge in [0.2, 0.25) is 11.8 Å². The van der Waals surface area contributed by atoms with Crippen LogP contribution in [-0.2, 0) is 9.59 Å². The van der Waals surface area contributed by atoms with Gasteiger partial charge in [0.15, 0.2) is 0 Å². The molecule has 8 heteroatoms. The number of halogens is 1. The van der Waals surface area contributed by atoms with E-state index in [9.17, 15) is 18.8 Å². The van der Waals surface area contributed by atoms with Crippen LogP contribution in [0.3, 0.4) is 0 Å². The Kier molecular flexibility index (Phi) is 6.32. The predicted molar refractivity (Wildman–Crippen MR) is 111 cm³/mol. The Morgan fingerprint density at radius 3 is 2.70 bits per heavy atom. The van der Waals surface area contributed by atoms with E-state index in [0.29, 0.717) is 19.5 Å². The molecule has 0 aliphatic carbocycles. The second-order valence-electron chi connectivity index (χ2n) is 8.35. The van der Waals surface area contributed by atoms with E-state index in [-0.39, 0.29) is 35.5 Å². The molecule has 0 bridgehead atoms. The van der Waals surface area contributed by atoms with Crippen LogP contribution in [0.2, 0.25) is 0 Å². The van der Waals surface area contributed by atoms with Gasteiger partial charge in [0.25, 0.3) is 5.91 Å². The number of amides is 3. The molecule has 0 unspecified atom stereocenters. The van der Waals surface area contributed by atoms with E-state index in [1.807, 2.05) is 0 Å². The Labute approximate surface area is 176 Å². The van der Waals surface area contributed by atoms with Crippen LogP contribution in [0, 0.1) is 5.82 Å². The predicted octanol–water partition coefficient (Wildman–Crippen LogP) is 1.77. The molecule has 3 aliphatic rings. The van der Waals surface area contributed by atoms with Crippen molar-refractivity contribution in [1.82, 2.24) is 15.1 Å². The van der Waals surface area contributed by atoms with Gasteiger partial charge in [0, 0.05) is 13.1 Å². The maximum Gasteiger partial charge on any atom is 0.256 e. The molecule has 162 valence electrons. The number of nitrogens with zero attached hydrogens (tertiary/aromatic N) is 3. The van der Waals surface area contributed by atoms with Crippen molar-refractivity contribution in [2.45, 2.75) is 44.6 Å². The summed E-state index contributed by atoms with van der Waals surface area (Å²) in [4.78, 5) is 43.9. The summed E-state index contributed by atoms with van der Waals surface area (Å²) in [5.74, 6) is -1.42. The van der Waals surface area contributed by atoms with Gasteiger partial charge in [-0.3, -0.25) is 14.4 Å². The van der Waals surface area contributed by atoms with E-state index in [0.717, 1.165) is 32.5 Å². The second kappa shape index (κ2) is 9.12. The van der Waals surface area contributed by atoms with Crippen LogP contribution >= 0.6 is 0 Å². The van der Waals surface area contributed by atoms with Crippen molar-refractivity contribution in [3.05, 3.63) is 29.6 Å². The number of nitrogens with one attached hydrogen (secondary N) is 1. The summed E-state index contributed by atoms with van der Waals surface area (Å²) in [5, 5.41) is 2.88. The zero-order valence-corrected chi connectivity index (χ0v) is 17.2. The van der Waals surface area contributed by atoms with E-state index in [1.165, 1.54) is 42.4 Å². The van der Waals surface area contributed by atoms with Crippen LogP contribution in [0.25, 0.3) is 0 Å². The van der Waals surface area contributed by atoms with E-state index < -0.39 is 11.9 Å². The van der Waals surface area contributed by atoms with Gasteiger partial charge in [-0.1, -0.05) is 6.42 Å². The van der Waals surface area contributed by atoms with Gasteiger partial charge in [-0.15, -0.1) is 0 Å². The number of hydrogen-bond donors (Lipinski definition) is 1. The zero-order chi connectivity index (χ0) is 21.1. The summed E-state index contributed by atoms with van der Waals surface area (Å²) in [6.45, 7) is 4.00. The molecule has 3 amide bonds. The molecule has 7 nitrogen and oxygen atoms in total. The Morgan fingerprint density at radius 2 is 1.90 bits per heavy atom. The maximum atomic E-state index is 13.9. The lowest BCUT2D eigenvalue weighted by atomic mass is 10.1. The van der Waals surface area contributed by atoms with Gasteiger partial charge in [0.05, 0.1) is 11.3 Å². The third-order valence-corrected chi connectivity index (χ3v) is 6.27. The highest BCUT2D eigenvalue weighted by molar-refractivity contribution is 6.12. The standard InChI is InChI=1S/C22H29FN4O3/c23-16-7-8-17-19(14-16)27(22(30)18-6-4-13-26(18)21(17)29)15-20(28)24-9-5-12-25-10-2-1-3-11-25/h7-8,14,18H,1-6,9-13,15H2,(H,24,28)/t18-/m1/s1. The van der Waals surface area contributed by atoms with Gasteiger partial charge in [-0.05, 0) is 69.9 Å². The molecule has 2 fully saturated rings. The monoisotopic (exact) mass is 416 g/mol. The highest BCUT2D eigenvalue weighted by Crippen LogP contribution is 2.32. The number of likely N-dealkylation sites (tertiary alicyclic amines) is 1. The molecule has 1 aromatic carbocycles. The van der Waals surface area contributed by atoms with Crippen LogP contribution in [0.5, 0.6) is 0 Å². The van der Waals surface area contributed by atoms with Gasteiger partial charge < -0.3 is 20.0 Å². The average Bonchev–Trinajstić information content (AvgIpc) is 3.22. The molecule has 4 rings (SSSR count). The molecular formula is C22H29FN4O3. The van der Waals surface area contributed by atoms with E-state index >= 15 is 0 Å². The lowest BCUT2D eigenvalue weighted by Gasteiger charge is -2.27. The fraction of sp³-hybridized carbons (Fsp3) is 0.591. The Balaban J connectivity index is 1.42. The fourth-order valence-corrected chi connectivity index (χ4v) is 4.70. The zero-order valence-electron chi connectivity index (χ0n) is 17.2. The number of fused-ring (bicyclic) bond motifs is 2. The third kappa shape index (κ3) is 4.33. The first-order valence-electron chi connectivity index (χ1n) is 11.0. The molecule has 1 N–H and O–H groups in total. The minimum Gasteiger partial charge on any atom is -0.355 e. The minimum absolute atomic E-state index is 0.183. The number of hydrogen-bond acceptors (Lipinski definition) is 4. The van der Waals surface area contributed by atoms with E-state index in [2.05, 4.69) is 10.2 Å². The maximum absolute atomic E-state index is 13.9. The molecule has 0 spiro atoms. The third-order valence-electron chi connectivity index (χ3n) is 6.27. The van der Waals surface area contributed by atoms with Gasteiger partial charge in [-0.25, -0.2) is 4.39 Å². The summed E-state index contributed by atoms with van der Waals surface area (Å²) >= 11 is 0. The van der Waals surface area contributed by atoms with Crippen LogP contribution in [0.4, 0.5) is 10.1 Å².